The van der Waals surface area contributed by atoms with E-state index in [1.807, 2.05) is 23.1 Å². The fourth-order valence-corrected chi connectivity index (χ4v) is 1.93. The molecule has 0 bridgehead atoms. The first-order valence-corrected chi connectivity index (χ1v) is 5.38. The van der Waals surface area contributed by atoms with Gasteiger partial charge in [-0.2, -0.15) is 0 Å². The maximum atomic E-state index is 11.6. The van der Waals surface area contributed by atoms with Gasteiger partial charge in [-0.15, -0.1) is 0 Å². The summed E-state index contributed by atoms with van der Waals surface area (Å²) >= 11 is 0. The highest BCUT2D eigenvalue weighted by atomic mass is 16.2. The topological polar surface area (TPSA) is 32.3 Å². The van der Waals surface area contributed by atoms with Crippen LogP contribution in [0.2, 0.25) is 0 Å². The largest absolute Gasteiger partial charge is 0.322 e. The summed E-state index contributed by atoms with van der Waals surface area (Å²) in [5.41, 5.74) is 1.19. The van der Waals surface area contributed by atoms with E-state index in [2.05, 4.69) is 24.4 Å². The molecule has 0 saturated carbocycles. The first-order valence-electron chi connectivity index (χ1n) is 5.38. The maximum Gasteiger partial charge on any atom is 0.238 e. The average Bonchev–Trinajstić information content (AvgIpc) is 2.62. The van der Waals surface area contributed by atoms with Gasteiger partial charge in [0, 0.05) is 6.54 Å². The monoisotopic (exact) mass is 204 g/mol. The van der Waals surface area contributed by atoms with Crippen molar-refractivity contribution in [3.63, 3.8) is 0 Å². The summed E-state index contributed by atoms with van der Waals surface area (Å²) in [6.45, 7) is 3.28. The highest BCUT2D eigenvalue weighted by molar-refractivity contribution is 5.80. The minimum atomic E-state index is 0.200. The summed E-state index contributed by atoms with van der Waals surface area (Å²) in [6.07, 6.45) is 1.16. The first-order chi connectivity index (χ1) is 7.31. The molecule has 1 aliphatic heterocycles. The Kier molecular flexibility index (Phi) is 3.02. The predicted molar refractivity (Wildman–Crippen MR) is 59.1 cm³/mol. The molecule has 1 aromatic rings. The summed E-state index contributed by atoms with van der Waals surface area (Å²) in [7, 11) is 0. The van der Waals surface area contributed by atoms with Crippen molar-refractivity contribution in [3.8, 4) is 0 Å². The molecule has 15 heavy (non-hydrogen) atoms. The minimum absolute atomic E-state index is 0.200. The Labute approximate surface area is 90.1 Å². The maximum absolute atomic E-state index is 11.6. The van der Waals surface area contributed by atoms with Crippen LogP contribution in [0.3, 0.4) is 0 Å². The van der Waals surface area contributed by atoms with Crippen LogP contribution in [-0.4, -0.2) is 23.5 Å². The summed E-state index contributed by atoms with van der Waals surface area (Å²) in [6, 6.07) is 10.1. The van der Waals surface area contributed by atoms with E-state index in [9.17, 15) is 4.79 Å². The zero-order chi connectivity index (χ0) is 10.7. The van der Waals surface area contributed by atoms with Crippen LogP contribution in [-0.2, 0) is 11.3 Å². The Morgan fingerprint density at radius 3 is 2.80 bits per heavy atom. The molecule has 1 unspecified atom stereocenters. The summed E-state index contributed by atoms with van der Waals surface area (Å²) in [5.74, 6) is 0.200. The van der Waals surface area contributed by atoms with Gasteiger partial charge in [-0.3, -0.25) is 10.1 Å². The van der Waals surface area contributed by atoms with Crippen molar-refractivity contribution in [2.45, 2.75) is 26.1 Å². The average molecular weight is 204 g/mol. The Hall–Kier alpha value is -1.35. The van der Waals surface area contributed by atoms with Crippen molar-refractivity contribution >= 4 is 5.91 Å². The predicted octanol–water partition coefficient (Wildman–Crippen LogP) is 1.35. The van der Waals surface area contributed by atoms with E-state index in [0.29, 0.717) is 13.1 Å². The highest BCUT2D eigenvalue weighted by Crippen LogP contribution is 2.13. The van der Waals surface area contributed by atoms with Crippen molar-refractivity contribution in [1.82, 2.24) is 10.2 Å². The number of carbonyl (C=O) groups excluding carboxylic acids is 1. The third-order valence-electron chi connectivity index (χ3n) is 2.77. The van der Waals surface area contributed by atoms with E-state index in [-0.39, 0.29) is 12.1 Å². The molecule has 1 heterocycles. The quantitative estimate of drug-likeness (QED) is 0.806. The standard InChI is InChI=1S/C12H16N2O/c1-2-11-13-8-12(15)14(11)9-10-6-4-3-5-7-10/h3-7,11,13H,2,8-9H2,1H3. The molecule has 1 amide bonds. The molecule has 1 fully saturated rings. The molecule has 1 aliphatic rings. The number of nitrogens with zero attached hydrogens (tertiary/aromatic N) is 1. The molecule has 0 radical (unpaired) electrons. The molecule has 0 spiro atoms. The zero-order valence-corrected chi connectivity index (χ0v) is 8.94. The van der Waals surface area contributed by atoms with Gasteiger partial charge in [0.25, 0.3) is 0 Å². The van der Waals surface area contributed by atoms with Gasteiger partial charge in [0.1, 0.15) is 0 Å². The number of benzene rings is 1. The number of rotatable bonds is 3. The summed E-state index contributed by atoms with van der Waals surface area (Å²) in [5, 5.41) is 3.20. The van der Waals surface area contributed by atoms with E-state index in [1.165, 1.54) is 5.56 Å². The molecule has 2 rings (SSSR count). The molecule has 80 valence electrons. The number of carbonyl (C=O) groups is 1. The minimum Gasteiger partial charge on any atom is -0.322 e. The van der Waals surface area contributed by atoms with Crippen molar-refractivity contribution in [3.05, 3.63) is 35.9 Å². The fourth-order valence-electron chi connectivity index (χ4n) is 1.93. The van der Waals surface area contributed by atoms with E-state index >= 15 is 0 Å². The van der Waals surface area contributed by atoms with E-state index < -0.39 is 0 Å². The highest BCUT2D eigenvalue weighted by Gasteiger charge is 2.28. The van der Waals surface area contributed by atoms with E-state index in [0.717, 1.165) is 6.42 Å². The summed E-state index contributed by atoms with van der Waals surface area (Å²) < 4.78 is 0. The van der Waals surface area contributed by atoms with Gasteiger partial charge >= 0.3 is 0 Å². The van der Waals surface area contributed by atoms with Crippen LogP contribution in [0.15, 0.2) is 30.3 Å². The first kappa shape index (κ1) is 10.2. The van der Waals surface area contributed by atoms with Gasteiger partial charge in [0.2, 0.25) is 5.91 Å². The lowest BCUT2D eigenvalue weighted by molar-refractivity contribution is -0.128. The fraction of sp³-hybridized carbons (Fsp3) is 0.417. The van der Waals surface area contributed by atoms with Crippen LogP contribution in [0.5, 0.6) is 0 Å². The second-order valence-electron chi connectivity index (χ2n) is 3.81. The molecule has 1 aromatic carbocycles. The molecule has 1 saturated heterocycles. The van der Waals surface area contributed by atoms with Crippen LogP contribution in [0.25, 0.3) is 0 Å². The number of hydrogen-bond donors (Lipinski definition) is 1. The smallest absolute Gasteiger partial charge is 0.238 e. The molecule has 3 heteroatoms. The molecular formula is C12H16N2O. The van der Waals surface area contributed by atoms with Gasteiger partial charge < -0.3 is 4.90 Å². The molecule has 1 atom stereocenters. The lowest BCUT2D eigenvalue weighted by Gasteiger charge is -2.23. The van der Waals surface area contributed by atoms with Crippen LogP contribution >= 0.6 is 0 Å². The SMILES string of the molecule is CCC1NCC(=O)N1Cc1ccccc1. The lowest BCUT2D eigenvalue weighted by Crippen LogP contribution is -2.36. The van der Waals surface area contributed by atoms with Gasteiger partial charge in [-0.1, -0.05) is 37.3 Å². The van der Waals surface area contributed by atoms with Gasteiger partial charge in [-0.05, 0) is 12.0 Å². The Bertz CT molecular complexity index is 337. The third kappa shape index (κ3) is 2.18. The van der Waals surface area contributed by atoms with Gasteiger partial charge in [0.15, 0.2) is 0 Å². The van der Waals surface area contributed by atoms with E-state index in [1.54, 1.807) is 0 Å². The molecule has 3 nitrogen and oxygen atoms in total. The van der Waals surface area contributed by atoms with Crippen molar-refractivity contribution in [1.29, 1.82) is 0 Å². The van der Waals surface area contributed by atoms with Crippen LogP contribution in [0.4, 0.5) is 0 Å². The zero-order valence-electron chi connectivity index (χ0n) is 8.94. The Morgan fingerprint density at radius 2 is 2.13 bits per heavy atom. The number of amides is 1. The second kappa shape index (κ2) is 4.45. The normalized spacial score (nSPS) is 21.0. The van der Waals surface area contributed by atoms with Gasteiger partial charge in [-0.25, -0.2) is 0 Å². The van der Waals surface area contributed by atoms with Crippen molar-refractivity contribution in [2.75, 3.05) is 6.54 Å². The van der Waals surface area contributed by atoms with Crippen molar-refractivity contribution < 1.29 is 4.79 Å². The van der Waals surface area contributed by atoms with Crippen LogP contribution < -0.4 is 5.32 Å². The Morgan fingerprint density at radius 1 is 1.40 bits per heavy atom. The molecule has 1 N–H and O–H groups in total. The molecular weight excluding hydrogens is 188 g/mol. The number of nitrogens with one attached hydrogen (secondary N) is 1. The third-order valence-corrected chi connectivity index (χ3v) is 2.77. The van der Waals surface area contributed by atoms with Crippen molar-refractivity contribution in [2.24, 2.45) is 0 Å². The Balaban J connectivity index is 2.07. The second-order valence-corrected chi connectivity index (χ2v) is 3.81. The number of hydrogen-bond acceptors (Lipinski definition) is 2. The van der Waals surface area contributed by atoms with Crippen LogP contribution in [0.1, 0.15) is 18.9 Å². The molecule has 0 aromatic heterocycles. The van der Waals surface area contributed by atoms with Crippen LogP contribution in [0, 0.1) is 0 Å². The van der Waals surface area contributed by atoms with Gasteiger partial charge in [0.05, 0.1) is 12.7 Å². The van der Waals surface area contributed by atoms with E-state index in [4.69, 9.17) is 0 Å². The molecule has 0 aliphatic carbocycles. The summed E-state index contributed by atoms with van der Waals surface area (Å²) in [4.78, 5) is 13.5. The lowest BCUT2D eigenvalue weighted by atomic mass is 10.2.